The number of fused-ring (bicyclic) bond motifs is 3. The van der Waals surface area contributed by atoms with Crippen molar-refractivity contribution in [3.05, 3.63) is 94.8 Å². The number of carbonyl (C=O) groups excluding carboxylic acids is 1. The van der Waals surface area contributed by atoms with Crippen LogP contribution in [-0.2, 0) is 17.7 Å². The molecule has 174 valence electrons. The highest BCUT2D eigenvalue weighted by Gasteiger charge is 2.29. The first-order valence-electron chi connectivity index (χ1n) is 11.5. The van der Waals surface area contributed by atoms with Crippen molar-refractivity contribution in [2.45, 2.75) is 13.0 Å². The van der Waals surface area contributed by atoms with Gasteiger partial charge < -0.3 is 14.2 Å². The van der Waals surface area contributed by atoms with Crippen LogP contribution in [0.2, 0.25) is 0 Å². The largest absolute Gasteiger partial charge is 0.383 e. The number of ether oxygens (including phenoxy) is 1. The Morgan fingerprint density at radius 2 is 1.91 bits per heavy atom. The van der Waals surface area contributed by atoms with Crippen molar-refractivity contribution in [1.82, 2.24) is 18.9 Å². The molecule has 8 heteroatoms. The van der Waals surface area contributed by atoms with E-state index in [4.69, 9.17) is 9.72 Å². The number of amides is 1. The molecule has 1 aromatic carbocycles. The first-order valence-corrected chi connectivity index (χ1v) is 11.5. The summed E-state index contributed by atoms with van der Waals surface area (Å²) in [7, 11) is 1.61. The van der Waals surface area contributed by atoms with E-state index >= 15 is 0 Å². The van der Waals surface area contributed by atoms with Gasteiger partial charge in [-0.3, -0.25) is 19.0 Å². The zero-order valence-corrected chi connectivity index (χ0v) is 19.2. The van der Waals surface area contributed by atoms with E-state index in [1.807, 2.05) is 30.3 Å². The number of methoxy groups -OCH3 is 1. The molecule has 5 heterocycles. The minimum absolute atomic E-state index is 0.150. The molecule has 6 rings (SSSR count). The standard InChI is InChI=1S/C27H23N5O3/c1-35-15-14-30-23(17-21-25(30)29-24-4-2-3-12-32(24)26(21)33)27(34)31-13-9-20-16-19(5-6-22(20)31)18-7-10-28-11-8-18/h2-8,10-12,16-17H,9,13-15H2,1H3. The highest BCUT2D eigenvalue weighted by atomic mass is 16.5. The Morgan fingerprint density at radius 3 is 2.74 bits per heavy atom. The number of rotatable bonds is 5. The summed E-state index contributed by atoms with van der Waals surface area (Å²) in [6.45, 7) is 1.39. The van der Waals surface area contributed by atoms with Crippen LogP contribution in [0.4, 0.5) is 5.69 Å². The molecule has 8 nitrogen and oxygen atoms in total. The summed E-state index contributed by atoms with van der Waals surface area (Å²) in [6.07, 6.45) is 6.01. The van der Waals surface area contributed by atoms with Gasteiger partial charge in [0.1, 0.15) is 17.0 Å². The third-order valence-corrected chi connectivity index (χ3v) is 6.55. The second-order valence-corrected chi connectivity index (χ2v) is 8.54. The number of hydrogen-bond acceptors (Lipinski definition) is 5. The Morgan fingerprint density at radius 1 is 1.06 bits per heavy atom. The number of aromatic nitrogens is 4. The van der Waals surface area contributed by atoms with Gasteiger partial charge in [-0.25, -0.2) is 4.98 Å². The Hall–Kier alpha value is -4.30. The van der Waals surface area contributed by atoms with Crippen molar-refractivity contribution in [2.75, 3.05) is 25.2 Å². The average Bonchev–Trinajstić information content (AvgIpc) is 3.49. The molecular weight excluding hydrogens is 442 g/mol. The lowest BCUT2D eigenvalue weighted by molar-refractivity contribution is 0.0978. The van der Waals surface area contributed by atoms with Crippen molar-refractivity contribution >= 4 is 28.3 Å². The van der Waals surface area contributed by atoms with Crippen LogP contribution in [0.1, 0.15) is 16.1 Å². The summed E-state index contributed by atoms with van der Waals surface area (Å²) >= 11 is 0. The first kappa shape index (κ1) is 21.2. The summed E-state index contributed by atoms with van der Waals surface area (Å²) in [4.78, 5) is 37.6. The fraction of sp³-hybridized carbons (Fsp3) is 0.185. The van der Waals surface area contributed by atoms with Crippen LogP contribution in [0.5, 0.6) is 0 Å². The lowest BCUT2D eigenvalue weighted by Gasteiger charge is -2.19. The van der Waals surface area contributed by atoms with Gasteiger partial charge in [0.2, 0.25) is 0 Å². The van der Waals surface area contributed by atoms with E-state index in [0.29, 0.717) is 42.1 Å². The molecule has 1 aliphatic heterocycles. The van der Waals surface area contributed by atoms with E-state index in [2.05, 4.69) is 11.1 Å². The highest BCUT2D eigenvalue weighted by Crippen LogP contribution is 2.33. The van der Waals surface area contributed by atoms with Crippen molar-refractivity contribution in [2.24, 2.45) is 0 Å². The molecule has 1 amide bonds. The van der Waals surface area contributed by atoms with Gasteiger partial charge in [0.25, 0.3) is 11.5 Å². The summed E-state index contributed by atoms with van der Waals surface area (Å²) in [5, 5.41) is 0.417. The average molecular weight is 466 g/mol. The second kappa shape index (κ2) is 8.48. The monoisotopic (exact) mass is 465 g/mol. The molecule has 35 heavy (non-hydrogen) atoms. The fourth-order valence-electron chi connectivity index (χ4n) is 4.81. The van der Waals surface area contributed by atoms with Gasteiger partial charge in [-0.05, 0) is 65.6 Å². The topological polar surface area (TPSA) is 81.7 Å². The van der Waals surface area contributed by atoms with Crippen LogP contribution >= 0.6 is 0 Å². The smallest absolute Gasteiger partial charge is 0.274 e. The molecule has 0 saturated carbocycles. The van der Waals surface area contributed by atoms with E-state index in [9.17, 15) is 9.59 Å². The number of benzene rings is 1. The van der Waals surface area contributed by atoms with Crippen molar-refractivity contribution in [3.63, 3.8) is 0 Å². The van der Waals surface area contributed by atoms with E-state index in [0.717, 1.165) is 28.8 Å². The third kappa shape index (κ3) is 3.50. The molecule has 0 spiro atoms. The summed E-state index contributed by atoms with van der Waals surface area (Å²) < 4.78 is 8.60. The first-order chi connectivity index (χ1) is 17.2. The van der Waals surface area contributed by atoms with Gasteiger partial charge >= 0.3 is 0 Å². The van der Waals surface area contributed by atoms with E-state index in [-0.39, 0.29) is 11.5 Å². The van der Waals surface area contributed by atoms with E-state index < -0.39 is 0 Å². The molecule has 0 bridgehead atoms. The van der Waals surface area contributed by atoms with Gasteiger partial charge in [0, 0.05) is 44.5 Å². The number of carbonyl (C=O) groups is 1. The molecule has 4 aromatic heterocycles. The quantitative estimate of drug-likeness (QED) is 0.396. The zero-order chi connectivity index (χ0) is 23.9. The Kier molecular flexibility index (Phi) is 5.15. The maximum absolute atomic E-state index is 13.8. The van der Waals surface area contributed by atoms with Crippen LogP contribution in [0, 0.1) is 0 Å². The van der Waals surface area contributed by atoms with Gasteiger partial charge in [0.15, 0.2) is 0 Å². The van der Waals surface area contributed by atoms with E-state index in [1.165, 1.54) is 4.40 Å². The van der Waals surface area contributed by atoms with Gasteiger partial charge in [-0.15, -0.1) is 0 Å². The van der Waals surface area contributed by atoms with E-state index in [1.54, 1.807) is 53.4 Å². The molecule has 0 atom stereocenters. The summed E-state index contributed by atoms with van der Waals surface area (Å²) in [5.74, 6) is -0.150. The van der Waals surface area contributed by atoms with Gasteiger partial charge in [0.05, 0.1) is 12.0 Å². The van der Waals surface area contributed by atoms with Crippen LogP contribution in [-0.4, -0.2) is 45.1 Å². The van der Waals surface area contributed by atoms with Crippen LogP contribution in [0.3, 0.4) is 0 Å². The second-order valence-electron chi connectivity index (χ2n) is 8.54. The molecule has 0 saturated heterocycles. The Labute approximate surface area is 201 Å². The number of hydrogen-bond donors (Lipinski definition) is 0. The van der Waals surface area contributed by atoms with Crippen LogP contribution < -0.4 is 10.5 Å². The third-order valence-electron chi connectivity index (χ3n) is 6.55. The fourth-order valence-corrected chi connectivity index (χ4v) is 4.81. The normalized spacial score (nSPS) is 13.0. The number of pyridine rings is 2. The summed E-state index contributed by atoms with van der Waals surface area (Å²) in [6, 6.07) is 17.2. The molecular formula is C27H23N5O3. The Balaban J connectivity index is 1.44. The van der Waals surface area contributed by atoms with Crippen molar-refractivity contribution in [1.29, 1.82) is 0 Å². The Bertz CT molecular complexity index is 1640. The van der Waals surface area contributed by atoms with Gasteiger partial charge in [-0.2, -0.15) is 0 Å². The maximum Gasteiger partial charge on any atom is 0.274 e. The van der Waals surface area contributed by atoms with Crippen molar-refractivity contribution in [3.8, 4) is 11.1 Å². The zero-order valence-electron chi connectivity index (χ0n) is 19.2. The molecule has 0 unspecified atom stereocenters. The number of anilines is 1. The van der Waals surface area contributed by atoms with Crippen LogP contribution in [0.15, 0.2) is 78.0 Å². The molecule has 5 aromatic rings. The minimum Gasteiger partial charge on any atom is -0.383 e. The molecule has 1 aliphatic rings. The highest BCUT2D eigenvalue weighted by molar-refractivity contribution is 6.08. The van der Waals surface area contributed by atoms with Crippen molar-refractivity contribution < 1.29 is 9.53 Å². The minimum atomic E-state index is -0.195. The molecule has 0 N–H and O–H groups in total. The molecule has 0 fully saturated rings. The SMILES string of the molecule is COCCn1c(C(=O)N2CCc3cc(-c4ccncc4)ccc32)cc2c(=O)n3ccccc3nc21. The lowest BCUT2D eigenvalue weighted by Crippen LogP contribution is -2.31. The molecule has 0 aliphatic carbocycles. The number of nitrogens with zero attached hydrogens (tertiary/aromatic N) is 5. The predicted octanol–water partition coefficient (Wildman–Crippen LogP) is 3.56. The lowest BCUT2D eigenvalue weighted by atomic mass is 10.0. The maximum atomic E-state index is 13.8. The van der Waals surface area contributed by atoms with Crippen LogP contribution in [0.25, 0.3) is 27.8 Å². The van der Waals surface area contributed by atoms with Gasteiger partial charge in [-0.1, -0.05) is 12.1 Å². The summed E-state index contributed by atoms with van der Waals surface area (Å²) in [5.41, 5.74) is 5.47. The predicted molar refractivity (Wildman–Crippen MR) is 134 cm³/mol. The molecule has 0 radical (unpaired) electrons.